The van der Waals surface area contributed by atoms with Gasteiger partial charge in [-0.15, -0.1) is 0 Å². The van der Waals surface area contributed by atoms with E-state index in [2.05, 4.69) is 41.4 Å². The molecule has 116 valence electrons. The van der Waals surface area contributed by atoms with Crippen molar-refractivity contribution < 1.29 is 9.53 Å². The van der Waals surface area contributed by atoms with Gasteiger partial charge in [0.05, 0.1) is 0 Å². The van der Waals surface area contributed by atoms with Gasteiger partial charge in [-0.1, -0.05) is 31.2 Å². The Morgan fingerprint density at radius 1 is 1.24 bits per heavy atom. The van der Waals surface area contributed by atoms with Crippen LogP contribution in [0.5, 0.6) is 0 Å². The molecule has 1 saturated heterocycles. The first-order valence-corrected chi connectivity index (χ1v) is 7.73. The molecule has 0 unspecified atom stereocenters. The predicted octanol–water partition coefficient (Wildman–Crippen LogP) is 2.18. The minimum Gasteiger partial charge on any atom is -0.375 e. The third-order valence-electron chi connectivity index (χ3n) is 4.07. The highest BCUT2D eigenvalue weighted by atomic mass is 16.5. The first kappa shape index (κ1) is 16.0. The minimum absolute atomic E-state index is 0.0796. The molecule has 1 aliphatic heterocycles. The van der Waals surface area contributed by atoms with Crippen LogP contribution < -0.4 is 5.32 Å². The van der Waals surface area contributed by atoms with E-state index in [9.17, 15) is 4.79 Å². The molecule has 0 aliphatic carbocycles. The summed E-state index contributed by atoms with van der Waals surface area (Å²) in [7, 11) is 1.52. The molecule has 1 amide bonds. The average Bonchev–Trinajstić information content (AvgIpc) is 2.49. The zero-order chi connectivity index (χ0) is 15.1. The van der Waals surface area contributed by atoms with E-state index in [1.807, 2.05) is 0 Å². The molecule has 21 heavy (non-hydrogen) atoms. The topological polar surface area (TPSA) is 41.6 Å². The molecule has 1 aliphatic rings. The van der Waals surface area contributed by atoms with E-state index in [-0.39, 0.29) is 12.5 Å². The fourth-order valence-electron chi connectivity index (χ4n) is 2.62. The molecule has 1 N–H and O–H groups in total. The van der Waals surface area contributed by atoms with Gasteiger partial charge in [0.1, 0.15) is 6.61 Å². The highest BCUT2D eigenvalue weighted by Gasteiger charge is 2.15. The third kappa shape index (κ3) is 5.48. The number of ether oxygens (including phenoxy) is 1. The van der Waals surface area contributed by atoms with Gasteiger partial charge in [0.15, 0.2) is 0 Å². The number of nitrogens with one attached hydrogen (secondary N) is 1. The molecule has 1 aromatic rings. The molecule has 4 heteroatoms. The van der Waals surface area contributed by atoms with Crippen LogP contribution in [0.2, 0.25) is 0 Å². The summed E-state index contributed by atoms with van der Waals surface area (Å²) < 4.78 is 4.79. The van der Waals surface area contributed by atoms with Crippen molar-refractivity contribution in [3.63, 3.8) is 0 Å². The van der Waals surface area contributed by atoms with Crippen LogP contribution in [0.1, 0.15) is 30.9 Å². The quantitative estimate of drug-likeness (QED) is 0.873. The summed E-state index contributed by atoms with van der Waals surface area (Å²) in [6, 6.07) is 8.51. The highest BCUT2D eigenvalue weighted by molar-refractivity contribution is 5.77. The van der Waals surface area contributed by atoms with E-state index >= 15 is 0 Å². The molecule has 1 heterocycles. The number of likely N-dealkylation sites (tertiary alicyclic amines) is 1. The van der Waals surface area contributed by atoms with Crippen molar-refractivity contribution in [2.75, 3.05) is 26.8 Å². The SMILES string of the molecule is COCC(=O)NCc1ccc(CN2CCC(C)CC2)cc1. The molecule has 0 atom stereocenters. The summed E-state index contributed by atoms with van der Waals surface area (Å²) in [6.07, 6.45) is 2.62. The summed E-state index contributed by atoms with van der Waals surface area (Å²) in [6.45, 7) is 6.45. The van der Waals surface area contributed by atoms with Crippen molar-refractivity contribution in [1.29, 1.82) is 0 Å². The van der Waals surface area contributed by atoms with Gasteiger partial charge in [-0.25, -0.2) is 0 Å². The summed E-state index contributed by atoms with van der Waals surface area (Å²) in [5, 5.41) is 2.83. The molecule has 0 radical (unpaired) electrons. The lowest BCUT2D eigenvalue weighted by atomic mass is 9.99. The number of methoxy groups -OCH3 is 1. The lowest BCUT2D eigenvalue weighted by Crippen LogP contribution is -2.32. The fourth-order valence-corrected chi connectivity index (χ4v) is 2.62. The summed E-state index contributed by atoms with van der Waals surface area (Å²) in [5.41, 5.74) is 2.46. The standard InChI is InChI=1S/C17H26N2O2/c1-14-7-9-19(10-8-14)12-16-5-3-15(4-6-16)11-18-17(20)13-21-2/h3-6,14H,7-13H2,1-2H3,(H,18,20). The van der Waals surface area contributed by atoms with Crippen LogP contribution in [-0.4, -0.2) is 37.6 Å². The van der Waals surface area contributed by atoms with Crippen LogP contribution in [0, 0.1) is 5.92 Å². The minimum atomic E-state index is -0.0796. The number of hydrogen-bond acceptors (Lipinski definition) is 3. The van der Waals surface area contributed by atoms with Crippen molar-refractivity contribution in [1.82, 2.24) is 10.2 Å². The van der Waals surface area contributed by atoms with Gasteiger partial charge in [0, 0.05) is 20.2 Å². The summed E-state index contributed by atoms with van der Waals surface area (Å²) in [4.78, 5) is 13.9. The number of rotatable bonds is 6. The molecule has 0 aromatic heterocycles. The maximum Gasteiger partial charge on any atom is 0.246 e. The van der Waals surface area contributed by atoms with Crippen LogP contribution in [0.15, 0.2) is 24.3 Å². The largest absolute Gasteiger partial charge is 0.375 e. The lowest BCUT2D eigenvalue weighted by Gasteiger charge is -2.30. The summed E-state index contributed by atoms with van der Waals surface area (Å²) >= 11 is 0. The zero-order valence-electron chi connectivity index (χ0n) is 13.1. The van der Waals surface area contributed by atoms with E-state index in [0.717, 1.165) is 18.0 Å². The Bertz CT molecular complexity index is 437. The van der Waals surface area contributed by atoms with Crippen molar-refractivity contribution in [3.8, 4) is 0 Å². The van der Waals surface area contributed by atoms with E-state index in [1.54, 1.807) is 0 Å². The Balaban J connectivity index is 1.77. The van der Waals surface area contributed by atoms with Gasteiger partial charge >= 0.3 is 0 Å². The van der Waals surface area contributed by atoms with Crippen LogP contribution in [0.3, 0.4) is 0 Å². The predicted molar refractivity (Wildman–Crippen MR) is 83.8 cm³/mol. The van der Waals surface area contributed by atoms with Gasteiger partial charge in [0.2, 0.25) is 5.91 Å². The van der Waals surface area contributed by atoms with Gasteiger partial charge < -0.3 is 10.1 Å². The van der Waals surface area contributed by atoms with Crippen LogP contribution in [-0.2, 0) is 22.6 Å². The van der Waals surface area contributed by atoms with Crippen molar-refractivity contribution in [2.45, 2.75) is 32.9 Å². The number of hydrogen-bond donors (Lipinski definition) is 1. The zero-order valence-corrected chi connectivity index (χ0v) is 13.1. The fraction of sp³-hybridized carbons (Fsp3) is 0.588. The first-order valence-electron chi connectivity index (χ1n) is 7.73. The first-order chi connectivity index (χ1) is 10.2. The molecule has 0 saturated carbocycles. The maximum absolute atomic E-state index is 11.3. The van der Waals surface area contributed by atoms with Gasteiger partial charge in [-0.05, 0) is 43.0 Å². The van der Waals surface area contributed by atoms with E-state index in [4.69, 9.17) is 4.74 Å². The highest BCUT2D eigenvalue weighted by Crippen LogP contribution is 2.18. The molecular weight excluding hydrogens is 264 g/mol. The molecule has 1 fully saturated rings. The normalized spacial score (nSPS) is 16.9. The Kier molecular flexibility index (Phi) is 6.21. The lowest BCUT2D eigenvalue weighted by molar-refractivity contribution is -0.124. The average molecular weight is 290 g/mol. The Hall–Kier alpha value is -1.39. The van der Waals surface area contributed by atoms with Gasteiger partial charge in [-0.3, -0.25) is 9.69 Å². The van der Waals surface area contributed by atoms with Crippen LogP contribution >= 0.6 is 0 Å². The van der Waals surface area contributed by atoms with Crippen molar-refractivity contribution >= 4 is 5.91 Å². The van der Waals surface area contributed by atoms with Crippen LogP contribution in [0.4, 0.5) is 0 Å². The number of benzene rings is 1. The van der Waals surface area contributed by atoms with Gasteiger partial charge in [0.25, 0.3) is 0 Å². The Labute approximate surface area is 127 Å². The van der Waals surface area contributed by atoms with E-state index in [1.165, 1.54) is 38.6 Å². The van der Waals surface area contributed by atoms with E-state index in [0.29, 0.717) is 6.54 Å². The molecular formula is C17H26N2O2. The van der Waals surface area contributed by atoms with E-state index < -0.39 is 0 Å². The monoisotopic (exact) mass is 290 g/mol. The second-order valence-corrected chi connectivity index (χ2v) is 5.98. The van der Waals surface area contributed by atoms with Crippen LogP contribution in [0.25, 0.3) is 0 Å². The second-order valence-electron chi connectivity index (χ2n) is 5.98. The third-order valence-corrected chi connectivity index (χ3v) is 4.07. The molecule has 0 spiro atoms. The van der Waals surface area contributed by atoms with Crippen molar-refractivity contribution in [3.05, 3.63) is 35.4 Å². The molecule has 4 nitrogen and oxygen atoms in total. The number of piperidine rings is 1. The van der Waals surface area contributed by atoms with Gasteiger partial charge in [-0.2, -0.15) is 0 Å². The Morgan fingerprint density at radius 3 is 2.48 bits per heavy atom. The van der Waals surface area contributed by atoms with Crippen molar-refractivity contribution in [2.24, 2.45) is 5.92 Å². The maximum atomic E-state index is 11.3. The molecule has 0 bridgehead atoms. The summed E-state index contributed by atoms with van der Waals surface area (Å²) in [5.74, 6) is 0.795. The second kappa shape index (κ2) is 8.15. The number of nitrogens with zero attached hydrogens (tertiary/aromatic N) is 1. The number of carbonyl (C=O) groups excluding carboxylic acids is 1. The smallest absolute Gasteiger partial charge is 0.246 e. The number of amides is 1. The molecule has 1 aromatic carbocycles. The Morgan fingerprint density at radius 2 is 1.86 bits per heavy atom. The molecule has 2 rings (SSSR count). The number of carbonyl (C=O) groups is 1.